The highest BCUT2D eigenvalue weighted by atomic mass is 35.5. The molecule has 0 unspecified atom stereocenters. The third kappa shape index (κ3) is 5.33. The molecular weight excluding hydrogens is 284 g/mol. The molecule has 1 saturated carbocycles. The maximum Gasteiger partial charge on any atom is 0.251 e. The van der Waals surface area contributed by atoms with Crippen molar-refractivity contribution in [3.8, 4) is 0 Å². The maximum atomic E-state index is 12.1. The van der Waals surface area contributed by atoms with Crippen LogP contribution in [0.3, 0.4) is 0 Å². The average Bonchev–Trinajstić information content (AvgIpc) is 2.46. The first-order valence-corrected chi connectivity index (χ1v) is 7.57. The molecule has 118 valence electrons. The Morgan fingerprint density at radius 1 is 1.24 bits per heavy atom. The molecule has 0 heterocycles. The summed E-state index contributed by atoms with van der Waals surface area (Å²) in [5, 5.41) is 3.06. The Kier molecular flexibility index (Phi) is 6.69. The lowest BCUT2D eigenvalue weighted by Gasteiger charge is -2.34. The van der Waals surface area contributed by atoms with Gasteiger partial charge in [0.05, 0.1) is 0 Å². The van der Waals surface area contributed by atoms with E-state index in [0.717, 1.165) is 17.7 Å². The molecule has 0 aliphatic heterocycles. The van der Waals surface area contributed by atoms with Gasteiger partial charge in [-0.05, 0) is 54.7 Å². The molecule has 21 heavy (non-hydrogen) atoms. The first-order valence-electron chi connectivity index (χ1n) is 7.57. The van der Waals surface area contributed by atoms with E-state index in [1.807, 2.05) is 24.3 Å². The van der Waals surface area contributed by atoms with Crippen LogP contribution in [0.25, 0.3) is 0 Å². The number of nitrogens with one attached hydrogen (secondary N) is 1. The minimum Gasteiger partial charge on any atom is -0.352 e. The normalized spacial score (nSPS) is 17.9. The lowest BCUT2D eigenvalue weighted by molar-refractivity contribution is 0.0936. The molecule has 0 saturated heterocycles. The Balaban J connectivity index is 0.00000220. The number of benzene rings is 1. The second kappa shape index (κ2) is 7.81. The smallest absolute Gasteiger partial charge is 0.251 e. The van der Waals surface area contributed by atoms with Crippen LogP contribution in [0.2, 0.25) is 0 Å². The number of nitrogens with two attached hydrogens (primary N) is 1. The van der Waals surface area contributed by atoms with Crippen molar-refractivity contribution in [1.82, 2.24) is 5.32 Å². The van der Waals surface area contributed by atoms with Crippen LogP contribution in [0.4, 0.5) is 0 Å². The van der Waals surface area contributed by atoms with Crippen molar-refractivity contribution in [2.75, 3.05) is 6.54 Å². The number of carbonyl (C=O) groups is 1. The van der Waals surface area contributed by atoms with Crippen LogP contribution in [0.15, 0.2) is 24.3 Å². The number of hydrogen-bond acceptors (Lipinski definition) is 2. The van der Waals surface area contributed by atoms with Gasteiger partial charge in [-0.15, -0.1) is 12.4 Å². The molecule has 1 aliphatic rings. The van der Waals surface area contributed by atoms with Crippen molar-refractivity contribution in [1.29, 1.82) is 0 Å². The summed E-state index contributed by atoms with van der Waals surface area (Å²) in [6, 6.07) is 7.53. The molecule has 0 bridgehead atoms. The summed E-state index contributed by atoms with van der Waals surface area (Å²) in [5.41, 5.74) is 7.81. The van der Waals surface area contributed by atoms with Crippen LogP contribution >= 0.6 is 12.4 Å². The van der Waals surface area contributed by atoms with E-state index in [0.29, 0.717) is 17.9 Å². The van der Waals surface area contributed by atoms with Gasteiger partial charge in [-0.3, -0.25) is 4.79 Å². The molecule has 0 spiro atoms. The number of halogens is 1. The third-order valence-corrected chi connectivity index (χ3v) is 4.46. The SMILES string of the molecule is CC1(C)CCC(CNC(=O)c2ccc(CN)cc2)CC1.Cl. The molecule has 3 nitrogen and oxygen atoms in total. The molecule has 0 radical (unpaired) electrons. The number of amides is 1. The highest BCUT2D eigenvalue weighted by molar-refractivity contribution is 5.94. The highest BCUT2D eigenvalue weighted by Crippen LogP contribution is 2.37. The molecule has 1 amide bonds. The fourth-order valence-electron chi connectivity index (χ4n) is 2.79. The Morgan fingerprint density at radius 2 is 1.81 bits per heavy atom. The number of rotatable bonds is 4. The van der Waals surface area contributed by atoms with Gasteiger partial charge in [0.2, 0.25) is 0 Å². The Hall–Kier alpha value is -1.06. The van der Waals surface area contributed by atoms with Gasteiger partial charge in [-0.1, -0.05) is 26.0 Å². The van der Waals surface area contributed by atoms with E-state index in [1.54, 1.807) is 0 Å². The summed E-state index contributed by atoms with van der Waals surface area (Å²) in [4.78, 5) is 12.1. The van der Waals surface area contributed by atoms with E-state index in [1.165, 1.54) is 25.7 Å². The first-order chi connectivity index (χ1) is 9.50. The number of carbonyl (C=O) groups excluding carboxylic acids is 1. The monoisotopic (exact) mass is 310 g/mol. The average molecular weight is 311 g/mol. The summed E-state index contributed by atoms with van der Waals surface area (Å²) in [5.74, 6) is 0.661. The molecule has 0 aromatic heterocycles. The van der Waals surface area contributed by atoms with Crippen LogP contribution in [-0.2, 0) is 6.54 Å². The summed E-state index contributed by atoms with van der Waals surface area (Å²) >= 11 is 0. The van der Waals surface area contributed by atoms with E-state index in [4.69, 9.17) is 5.73 Å². The quantitative estimate of drug-likeness (QED) is 0.894. The van der Waals surface area contributed by atoms with Crippen LogP contribution in [-0.4, -0.2) is 12.5 Å². The minimum atomic E-state index is 0. The van der Waals surface area contributed by atoms with Gasteiger partial charge in [0.1, 0.15) is 0 Å². The Bertz CT molecular complexity index is 446. The zero-order valence-electron chi connectivity index (χ0n) is 13.0. The second-order valence-corrected chi connectivity index (χ2v) is 6.72. The van der Waals surface area contributed by atoms with E-state index in [9.17, 15) is 4.79 Å². The molecule has 3 N–H and O–H groups in total. The molecule has 1 fully saturated rings. The van der Waals surface area contributed by atoms with Crippen molar-refractivity contribution in [2.24, 2.45) is 17.1 Å². The van der Waals surface area contributed by atoms with Crippen LogP contribution < -0.4 is 11.1 Å². The van der Waals surface area contributed by atoms with Gasteiger partial charge < -0.3 is 11.1 Å². The van der Waals surface area contributed by atoms with Crippen LogP contribution in [0.1, 0.15) is 55.5 Å². The van der Waals surface area contributed by atoms with Crippen LogP contribution in [0.5, 0.6) is 0 Å². The summed E-state index contributed by atoms with van der Waals surface area (Å²) in [7, 11) is 0. The van der Waals surface area contributed by atoms with Gasteiger partial charge in [0.25, 0.3) is 5.91 Å². The fourth-order valence-corrected chi connectivity index (χ4v) is 2.79. The van der Waals surface area contributed by atoms with Crippen molar-refractivity contribution in [3.63, 3.8) is 0 Å². The molecule has 1 aliphatic carbocycles. The molecule has 2 rings (SSSR count). The Morgan fingerprint density at radius 3 is 2.33 bits per heavy atom. The first kappa shape index (κ1) is 18.0. The molecule has 0 atom stereocenters. The lowest BCUT2D eigenvalue weighted by Crippen LogP contribution is -2.32. The molecule has 1 aromatic carbocycles. The summed E-state index contributed by atoms with van der Waals surface area (Å²) in [6.45, 7) is 5.98. The van der Waals surface area contributed by atoms with Crippen molar-refractivity contribution in [2.45, 2.75) is 46.1 Å². The van der Waals surface area contributed by atoms with Crippen LogP contribution in [0, 0.1) is 11.3 Å². The zero-order valence-corrected chi connectivity index (χ0v) is 13.8. The summed E-state index contributed by atoms with van der Waals surface area (Å²) < 4.78 is 0. The van der Waals surface area contributed by atoms with Gasteiger partial charge in [-0.25, -0.2) is 0 Å². The van der Waals surface area contributed by atoms with E-state index in [-0.39, 0.29) is 18.3 Å². The van der Waals surface area contributed by atoms with Gasteiger partial charge >= 0.3 is 0 Å². The lowest BCUT2D eigenvalue weighted by atomic mass is 9.73. The Labute approximate surface area is 134 Å². The summed E-state index contributed by atoms with van der Waals surface area (Å²) in [6.07, 6.45) is 4.97. The second-order valence-electron chi connectivity index (χ2n) is 6.72. The topological polar surface area (TPSA) is 55.1 Å². The van der Waals surface area contributed by atoms with E-state index in [2.05, 4.69) is 19.2 Å². The van der Waals surface area contributed by atoms with Crippen molar-refractivity contribution in [3.05, 3.63) is 35.4 Å². The molecule has 1 aromatic rings. The molecule has 4 heteroatoms. The predicted molar refractivity (Wildman–Crippen MR) is 89.7 cm³/mol. The number of hydrogen-bond donors (Lipinski definition) is 2. The third-order valence-electron chi connectivity index (χ3n) is 4.46. The minimum absolute atomic E-state index is 0. The predicted octanol–water partition coefficient (Wildman–Crippen LogP) is 3.51. The standard InChI is InChI=1S/C17H26N2O.ClH/c1-17(2)9-7-14(8-10-17)12-19-16(20)15-5-3-13(11-18)4-6-15;/h3-6,14H,7-12,18H2,1-2H3,(H,19,20);1H. The molecular formula is C17H27ClN2O. The van der Waals surface area contributed by atoms with Gasteiger partial charge in [0.15, 0.2) is 0 Å². The van der Waals surface area contributed by atoms with Gasteiger partial charge in [0, 0.05) is 18.7 Å². The van der Waals surface area contributed by atoms with E-state index >= 15 is 0 Å². The zero-order chi connectivity index (χ0) is 14.6. The van der Waals surface area contributed by atoms with Gasteiger partial charge in [-0.2, -0.15) is 0 Å². The highest BCUT2D eigenvalue weighted by Gasteiger charge is 2.26. The fraction of sp³-hybridized carbons (Fsp3) is 0.588. The van der Waals surface area contributed by atoms with Crippen molar-refractivity contribution >= 4 is 18.3 Å². The maximum absolute atomic E-state index is 12.1. The van der Waals surface area contributed by atoms with E-state index < -0.39 is 0 Å². The van der Waals surface area contributed by atoms with Crippen molar-refractivity contribution < 1.29 is 4.79 Å². The largest absolute Gasteiger partial charge is 0.352 e.